The number of nitrogens with one attached hydrogen (secondary N) is 2. The van der Waals surface area contributed by atoms with Crippen LogP contribution >= 0.6 is 0 Å². The van der Waals surface area contributed by atoms with Crippen molar-refractivity contribution in [2.45, 2.75) is 0 Å². The number of likely N-dealkylation sites (tertiary alicyclic amines) is 1. The zero-order valence-corrected chi connectivity index (χ0v) is 12.1. The quantitative estimate of drug-likeness (QED) is 0.884. The largest absolute Gasteiger partial charge is 0.337 e. The summed E-state index contributed by atoms with van der Waals surface area (Å²) in [6.45, 7) is 3.61. The van der Waals surface area contributed by atoms with Crippen molar-refractivity contribution in [3.63, 3.8) is 0 Å². The molecule has 2 aliphatic heterocycles. The van der Waals surface area contributed by atoms with Gasteiger partial charge in [0.2, 0.25) is 0 Å². The van der Waals surface area contributed by atoms with Gasteiger partial charge in [0.1, 0.15) is 11.5 Å². The van der Waals surface area contributed by atoms with Gasteiger partial charge in [-0.2, -0.15) is 5.10 Å². The molecule has 2 fully saturated rings. The number of nitrogens with zero attached hydrogens (tertiary/aromatic N) is 2. The summed E-state index contributed by atoms with van der Waals surface area (Å²) in [6.07, 6.45) is 0. The number of hydrogen-bond donors (Lipinski definition) is 2. The molecule has 0 spiro atoms. The van der Waals surface area contributed by atoms with Crippen molar-refractivity contribution in [2.24, 2.45) is 11.8 Å². The van der Waals surface area contributed by atoms with Crippen molar-refractivity contribution < 1.29 is 9.18 Å². The van der Waals surface area contributed by atoms with E-state index in [1.807, 2.05) is 4.90 Å². The molecule has 5 nitrogen and oxygen atoms in total. The van der Waals surface area contributed by atoms with E-state index >= 15 is 0 Å². The van der Waals surface area contributed by atoms with Crippen molar-refractivity contribution in [1.82, 2.24) is 20.4 Å². The van der Waals surface area contributed by atoms with Crippen LogP contribution in [0.5, 0.6) is 0 Å². The van der Waals surface area contributed by atoms with Gasteiger partial charge in [0.15, 0.2) is 0 Å². The topological polar surface area (TPSA) is 61.0 Å². The van der Waals surface area contributed by atoms with Gasteiger partial charge in [-0.25, -0.2) is 4.39 Å². The molecular weight excluding hydrogens is 283 g/mol. The predicted octanol–water partition coefficient (Wildman–Crippen LogP) is 1.51. The average molecular weight is 300 g/mol. The van der Waals surface area contributed by atoms with Crippen LogP contribution in [-0.4, -0.2) is 47.2 Å². The molecule has 2 N–H and O–H groups in total. The van der Waals surface area contributed by atoms with Crippen LogP contribution in [0.25, 0.3) is 11.3 Å². The maximum absolute atomic E-state index is 13.0. The number of amides is 1. The van der Waals surface area contributed by atoms with E-state index in [-0.39, 0.29) is 11.7 Å². The van der Waals surface area contributed by atoms with Gasteiger partial charge >= 0.3 is 0 Å². The molecule has 1 aromatic carbocycles. The van der Waals surface area contributed by atoms with Crippen molar-refractivity contribution in [1.29, 1.82) is 0 Å². The average Bonchev–Trinajstić information content (AvgIpc) is 3.22. The maximum Gasteiger partial charge on any atom is 0.271 e. The molecule has 1 amide bonds. The lowest BCUT2D eigenvalue weighted by atomic mass is 10.0. The van der Waals surface area contributed by atoms with Crippen LogP contribution in [0.15, 0.2) is 30.3 Å². The fourth-order valence-corrected chi connectivity index (χ4v) is 3.39. The minimum atomic E-state index is -0.284. The number of halogens is 1. The first-order valence-corrected chi connectivity index (χ1v) is 7.52. The molecule has 0 aliphatic carbocycles. The molecule has 2 aromatic rings. The van der Waals surface area contributed by atoms with Gasteiger partial charge in [-0.05, 0) is 42.2 Å². The SMILES string of the molecule is O=C(c1cc(-c2ccc(F)cc2)n[nH]1)N1C[C@H]2CNC[C@H]2C1. The Balaban J connectivity index is 1.51. The molecule has 2 saturated heterocycles. The molecule has 3 heterocycles. The molecule has 2 atom stereocenters. The number of aromatic nitrogens is 2. The highest BCUT2D eigenvalue weighted by molar-refractivity contribution is 5.93. The zero-order chi connectivity index (χ0) is 15.1. The van der Waals surface area contributed by atoms with E-state index in [1.54, 1.807) is 18.2 Å². The second-order valence-electron chi connectivity index (χ2n) is 6.06. The van der Waals surface area contributed by atoms with Crippen LogP contribution in [-0.2, 0) is 0 Å². The van der Waals surface area contributed by atoms with Crippen LogP contribution in [0.2, 0.25) is 0 Å². The summed E-state index contributed by atoms with van der Waals surface area (Å²) >= 11 is 0. The van der Waals surface area contributed by atoms with Gasteiger partial charge in [-0.1, -0.05) is 0 Å². The summed E-state index contributed by atoms with van der Waals surface area (Å²) in [7, 11) is 0. The second kappa shape index (κ2) is 5.21. The number of carbonyl (C=O) groups is 1. The molecule has 0 radical (unpaired) electrons. The Morgan fingerprint density at radius 2 is 1.86 bits per heavy atom. The van der Waals surface area contributed by atoms with Gasteiger partial charge < -0.3 is 10.2 Å². The molecule has 4 rings (SSSR count). The molecule has 0 bridgehead atoms. The Labute approximate surface area is 127 Å². The molecule has 6 heteroatoms. The van der Waals surface area contributed by atoms with E-state index in [1.165, 1.54) is 12.1 Å². The first-order valence-electron chi connectivity index (χ1n) is 7.52. The van der Waals surface area contributed by atoms with Crippen LogP contribution in [0.4, 0.5) is 4.39 Å². The van der Waals surface area contributed by atoms with Crippen molar-refractivity contribution in [3.05, 3.63) is 41.8 Å². The number of aromatic amines is 1. The summed E-state index contributed by atoms with van der Waals surface area (Å²) in [5.41, 5.74) is 1.94. The van der Waals surface area contributed by atoms with Crippen LogP contribution in [0.1, 0.15) is 10.5 Å². The van der Waals surface area contributed by atoms with E-state index in [0.717, 1.165) is 31.7 Å². The van der Waals surface area contributed by atoms with Crippen molar-refractivity contribution in [3.8, 4) is 11.3 Å². The Kier molecular flexibility index (Phi) is 3.18. The highest BCUT2D eigenvalue weighted by Gasteiger charge is 2.38. The van der Waals surface area contributed by atoms with E-state index in [9.17, 15) is 9.18 Å². The van der Waals surface area contributed by atoms with Gasteiger partial charge in [0.25, 0.3) is 5.91 Å². The molecule has 1 aromatic heterocycles. The molecule has 0 saturated carbocycles. The van der Waals surface area contributed by atoms with E-state index < -0.39 is 0 Å². The third-order valence-corrected chi connectivity index (χ3v) is 4.62. The lowest BCUT2D eigenvalue weighted by Gasteiger charge is -2.16. The highest BCUT2D eigenvalue weighted by Crippen LogP contribution is 2.27. The number of fused-ring (bicyclic) bond motifs is 1. The number of H-pyrrole nitrogens is 1. The minimum Gasteiger partial charge on any atom is -0.337 e. The summed E-state index contributed by atoms with van der Waals surface area (Å²) in [6, 6.07) is 7.83. The predicted molar refractivity (Wildman–Crippen MR) is 79.7 cm³/mol. The van der Waals surface area contributed by atoms with Gasteiger partial charge in [-0.3, -0.25) is 9.89 Å². The monoisotopic (exact) mass is 300 g/mol. The lowest BCUT2D eigenvalue weighted by Crippen LogP contribution is -2.32. The maximum atomic E-state index is 13.0. The zero-order valence-electron chi connectivity index (χ0n) is 12.1. The summed E-state index contributed by atoms with van der Waals surface area (Å²) in [5.74, 6) is 0.856. The minimum absolute atomic E-state index is 0.00439. The van der Waals surface area contributed by atoms with Crippen LogP contribution in [0, 0.1) is 17.7 Å². The standard InChI is InChI=1S/C16H17FN4O/c17-13-3-1-10(2-4-13)14-5-15(20-19-14)16(22)21-8-11-6-18-7-12(11)9-21/h1-5,11-12,18H,6-9H2,(H,19,20)/t11-,12+. The first-order chi connectivity index (χ1) is 10.7. The van der Waals surface area contributed by atoms with Gasteiger partial charge in [0.05, 0.1) is 5.69 Å². The number of benzene rings is 1. The summed E-state index contributed by atoms with van der Waals surface area (Å²) in [5, 5.41) is 10.3. The van der Waals surface area contributed by atoms with Crippen LogP contribution < -0.4 is 5.32 Å². The molecule has 0 unspecified atom stereocenters. The smallest absolute Gasteiger partial charge is 0.271 e. The summed E-state index contributed by atoms with van der Waals surface area (Å²) in [4.78, 5) is 14.5. The van der Waals surface area contributed by atoms with Gasteiger partial charge in [0, 0.05) is 31.7 Å². The third-order valence-electron chi connectivity index (χ3n) is 4.62. The summed E-state index contributed by atoms with van der Waals surface area (Å²) < 4.78 is 13.0. The lowest BCUT2D eigenvalue weighted by molar-refractivity contribution is 0.0776. The number of carbonyl (C=O) groups excluding carboxylic acids is 1. The van der Waals surface area contributed by atoms with Crippen molar-refractivity contribution in [2.75, 3.05) is 26.2 Å². The highest BCUT2D eigenvalue weighted by atomic mass is 19.1. The normalized spacial score (nSPS) is 23.8. The van der Waals surface area contributed by atoms with Crippen LogP contribution in [0.3, 0.4) is 0 Å². The Morgan fingerprint density at radius 3 is 2.55 bits per heavy atom. The van der Waals surface area contributed by atoms with E-state index in [0.29, 0.717) is 23.2 Å². The fraction of sp³-hybridized carbons (Fsp3) is 0.375. The van der Waals surface area contributed by atoms with Crippen molar-refractivity contribution >= 4 is 5.91 Å². The van der Waals surface area contributed by atoms with E-state index in [4.69, 9.17) is 0 Å². The Bertz CT molecular complexity index is 684. The second-order valence-corrected chi connectivity index (χ2v) is 6.06. The Hall–Kier alpha value is -2.21. The van der Waals surface area contributed by atoms with E-state index in [2.05, 4.69) is 15.5 Å². The third kappa shape index (κ3) is 2.29. The first kappa shape index (κ1) is 13.5. The molecule has 114 valence electrons. The fourth-order valence-electron chi connectivity index (χ4n) is 3.39. The number of hydrogen-bond acceptors (Lipinski definition) is 3. The molecular formula is C16H17FN4O. The Morgan fingerprint density at radius 1 is 1.18 bits per heavy atom. The molecule has 22 heavy (non-hydrogen) atoms. The number of rotatable bonds is 2. The van der Waals surface area contributed by atoms with Gasteiger partial charge in [-0.15, -0.1) is 0 Å². The molecule has 2 aliphatic rings.